The van der Waals surface area contributed by atoms with Gasteiger partial charge in [0.05, 0.1) is 29.0 Å². The number of hydrogen-bond donors (Lipinski definition) is 3. The summed E-state index contributed by atoms with van der Waals surface area (Å²) in [5.41, 5.74) is 16.6. The molecule has 0 fully saturated rings. The minimum Gasteiger partial charge on any atom is -0.396 e. The van der Waals surface area contributed by atoms with Crippen molar-refractivity contribution in [3.63, 3.8) is 0 Å². The molecule has 0 saturated heterocycles. The molecule has 2 amide bonds. The first-order valence-corrected chi connectivity index (χ1v) is 11.8. The number of nitrogens with two attached hydrogens (primary N) is 2. The van der Waals surface area contributed by atoms with Crippen molar-refractivity contribution in [2.75, 3.05) is 10.6 Å². The third kappa shape index (κ3) is 5.23. The number of carbonyl (C=O) groups is 2. The van der Waals surface area contributed by atoms with Gasteiger partial charge < -0.3 is 21.7 Å². The average molecular weight is 479 g/mol. The summed E-state index contributed by atoms with van der Waals surface area (Å²) in [4.78, 5) is 27.2. The van der Waals surface area contributed by atoms with Gasteiger partial charge >= 0.3 is 0 Å². The van der Waals surface area contributed by atoms with Crippen molar-refractivity contribution in [3.05, 3.63) is 125 Å². The minimum atomic E-state index is -0.593. The van der Waals surface area contributed by atoms with E-state index in [0.29, 0.717) is 16.9 Å². The van der Waals surface area contributed by atoms with Gasteiger partial charge in [-0.3, -0.25) is 9.59 Å². The van der Waals surface area contributed by atoms with Crippen molar-refractivity contribution < 1.29 is 9.59 Å². The highest BCUT2D eigenvalue weighted by molar-refractivity contribution is 6.02. The van der Waals surface area contributed by atoms with Gasteiger partial charge in [-0.25, -0.2) is 0 Å². The number of nitrogens with zero attached hydrogens (tertiary/aromatic N) is 1. The smallest absolute Gasteiger partial charge is 0.251 e. The van der Waals surface area contributed by atoms with Crippen LogP contribution in [0.2, 0.25) is 0 Å². The maximum atomic E-state index is 13.2. The largest absolute Gasteiger partial charge is 0.396 e. The van der Waals surface area contributed by atoms with E-state index in [4.69, 9.17) is 11.5 Å². The fraction of sp³-hybridized carbons (Fsp3) is 0.133. The van der Waals surface area contributed by atoms with E-state index in [9.17, 15) is 9.59 Å². The molecule has 4 aromatic rings. The van der Waals surface area contributed by atoms with Crippen LogP contribution >= 0.6 is 0 Å². The quantitative estimate of drug-likeness (QED) is 0.280. The molecule has 0 spiro atoms. The summed E-state index contributed by atoms with van der Waals surface area (Å²) in [7, 11) is 0. The summed E-state index contributed by atoms with van der Waals surface area (Å²) in [6.45, 7) is 4.01. The lowest BCUT2D eigenvalue weighted by molar-refractivity contribution is 0.0938. The molecule has 0 saturated carbocycles. The first-order valence-electron chi connectivity index (χ1n) is 11.8. The van der Waals surface area contributed by atoms with Crippen molar-refractivity contribution in [2.24, 2.45) is 5.73 Å². The highest BCUT2D eigenvalue weighted by Gasteiger charge is 2.23. The zero-order chi connectivity index (χ0) is 25.7. The van der Waals surface area contributed by atoms with E-state index < -0.39 is 5.91 Å². The van der Waals surface area contributed by atoms with E-state index >= 15 is 0 Å². The van der Waals surface area contributed by atoms with E-state index in [-0.39, 0.29) is 23.6 Å². The van der Waals surface area contributed by atoms with Crippen LogP contribution in [0.25, 0.3) is 0 Å². The fourth-order valence-electron chi connectivity index (χ4n) is 4.33. The van der Waals surface area contributed by atoms with Gasteiger partial charge in [-0.2, -0.15) is 0 Å². The molecule has 36 heavy (non-hydrogen) atoms. The van der Waals surface area contributed by atoms with E-state index in [2.05, 4.69) is 12.2 Å². The SMILES string of the molecule is CC(NC(=O)c1cccc(N(c2cccc(C(N)=O)c2N)C(C)c2ccccc2)c1)c1ccccc1. The predicted octanol–water partition coefficient (Wildman–Crippen LogP) is 5.76. The summed E-state index contributed by atoms with van der Waals surface area (Å²) in [6, 6.07) is 32.1. The Bertz CT molecular complexity index is 1360. The van der Waals surface area contributed by atoms with Crippen LogP contribution < -0.4 is 21.7 Å². The van der Waals surface area contributed by atoms with Crippen LogP contribution in [0.3, 0.4) is 0 Å². The Kier molecular flexibility index (Phi) is 7.35. The Morgan fingerprint density at radius 1 is 0.778 bits per heavy atom. The Morgan fingerprint density at radius 3 is 2.03 bits per heavy atom. The second-order valence-electron chi connectivity index (χ2n) is 8.72. The highest BCUT2D eigenvalue weighted by Crippen LogP contribution is 2.39. The Balaban J connectivity index is 1.74. The lowest BCUT2D eigenvalue weighted by Crippen LogP contribution is -2.27. The molecular weight excluding hydrogens is 448 g/mol. The van der Waals surface area contributed by atoms with Crippen LogP contribution in [0, 0.1) is 0 Å². The number of rotatable bonds is 8. The first kappa shape index (κ1) is 24.5. The number of anilines is 3. The van der Waals surface area contributed by atoms with Gasteiger partial charge in [-0.05, 0) is 55.3 Å². The molecule has 4 rings (SSSR count). The second kappa shape index (κ2) is 10.8. The molecule has 182 valence electrons. The van der Waals surface area contributed by atoms with Crippen LogP contribution in [0.15, 0.2) is 103 Å². The number of primary amides is 1. The monoisotopic (exact) mass is 478 g/mol. The first-order chi connectivity index (χ1) is 17.4. The van der Waals surface area contributed by atoms with Gasteiger partial charge in [0, 0.05) is 11.3 Å². The molecule has 4 aromatic carbocycles. The normalized spacial score (nSPS) is 12.4. The molecule has 0 heterocycles. The number of hydrogen-bond acceptors (Lipinski definition) is 4. The van der Waals surface area contributed by atoms with Gasteiger partial charge in [0.2, 0.25) is 0 Å². The van der Waals surface area contributed by atoms with E-state index in [1.54, 1.807) is 18.2 Å². The van der Waals surface area contributed by atoms with E-state index in [1.165, 1.54) is 0 Å². The molecule has 0 bridgehead atoms. The molecule has 6 nitrogen and oxygen atoms in total. The zero-order valence-corrected chi connectivity index (χ0v) is 20.4. The third-order valence-corrected chi connectivity index (χ3v) is 6.31. The molecule has 0 aliphatic carbocycles. The summed E-state index contributed by atoms with van der Waals surface area (Å²) < 4.78 is 0. The third-order valence-electron chi connectivity index (χ3n) is 6.31. The summed E-state index contributed by atoms with van der Waals surface area (Å²) in [6.07, 6.45) is 0. The van der Waals surface area contributed by atoms with Crippen LogP contribution in [0.1, 0.15) is 57.8 Å². The molecular formula is C30H30N4O2. The summed E-state index contributed by atoms with van der Waals surface area (Å²) in [5.74, 6) is -0.774. The van der Waals surface area contributed by atoms with Gasteiger partial charge in [0.15, 0.2) is 0 Å². The lowest BCUT2D eigenvalue weighted by Gasteiger charge is -2.33. The average Bonchev–Trinajstić information content (AvgIpc) is 2.90. The maximum Gasteiger partial charge on any atom is 0.251 e. The Labute approximate surface area is 211 Å². The van der Waals surface area contributed by atoms with Crippen molar-refractivity contribution in [3.8, 4) is 0 Å². The van der Waals surface area contributed by atoms with Gasteiger partial charge in [-0.1, -0.05) is 72.8 Å². The number of para-hydroxylation sites is 1. The van der Waals surface area contributed by atoms with Crippen LogP contribution in [-0.2, 0) is 0 Å². The van der Waals surface area contributed by atoms with Crippen LogP contribution in [-0.4, -0.2) is 11.8 Å². The number of nitrogens with one attached hydrogen (secondary N) is 1. The van der Waals surface area contributed by atoms with Crippen LogP contribution in [0.5, 0.6) is 0 Å². The zero-order valence-electron chi connectivity index (χ0n) is 20.4. The number of benzene rings is 4. The van der Waals surface area contributed by atoms with Gasteiger partial charge in [0.1, 0.15) is 0 Å². The second-order valence-corrected chi connectivity index (χ2v) is 8.72. The lowest BCUT2D eigenvalue weighted by atomic mass is 10.0. The highest BCUT2D eigenvalue weighted by atomic mass is 16.2. The number of nitrogen functional groups attached to an aromatic ring is 1. The maximum absolute atomic E-state index is 13.2. The van der Waals surface area contributed by atoms with Gasteiger partial charge in [-0.15, -0.1) is 0 Å². The number of amides is 2. The van der Waals surface area contributed by atoms with Crippen LogP contribution in [0.4, 0.5) is 17.1 Å². The van der Waals surface area contributed by atoms with E-state index in [0.717, 1.165) is 16.8 Å². The Hall–Kier alpha value is -4.58. The van der Waals surface area contributed by atoms with Gasteiger partial charge in [0.25, 0.3) is 11.8 Å². The standard InChI is InChI=1S/C30H30N4O2/c1-20(22-11-5-3-6-12-22)33-30(36)24-15-9-16-25(19-24)34(21(2)23-13-7-4-8-14-23)27-18-10-17-26(28(27)31)29(32)35/h3-21H,31H2,1-2H3,(H2,32,35)(H,33,36). The summed E-state index contributed by atoms with van der Waals surface area (Å²) in [5, 5.41) is 3.07. The molecule has 0 aliphatic rings. The number of carbonyl (C=O) groups excluding carboxylic acids is 2. The molecule has 0 radical (unpaired) electrons. The fourth-order valence-corrected chi connectivity index (χ4v) is 4.33. The predicted molar refractivity (Wildman–Crippen MR) is 145 cm³/mol. The van der Waals surface area contributed by atoms with Crippen molar-refractivity contribution in [1.29, 1.82) is 0 Å². The molecule has 2 unspecified atom stereocenters. The summed E-state index contributed by atoms with van der Waals surface area (Å²) >= 11 is 0. The van der Waals surface area contributed by atoms with E-state index in [1.807, 2.05) is 96.8 Å². The molecule has 5 N–H and O–H groups in total. The van der Waals surface area contributed by atoms with Crippen molar-refractivity contribution in [2.45, 2.75) is 25.9 Å². The topological polar surface area (TPSA) is 101 Å². The van der Waals surface area contributed by atoms with Crippen molar-refractivity contribution in [1.82, 2.24) is 5.32 Å². The molecule has 2 atom stereocenters. The molecule has 6 heteroatoms. The van der Waals surface area contributed by atoms with Crippen molar-refractivity contribution >= 4 is 28.9 Å². The Morgan fingerprint density at radius 2 is 1.39 bits per heavy atom. The minimum absolute atomic E-state index is 0.149. The molecule has 0 aromatic heterocycles. The molecule has 0 aliphatic heterocycles.